The van der Waals surface area contributed by atoms with Crippen molar-refractivity contribution in [3.63, 3.8) is 0 Å². The van der Waals surface area contributed by atoms with Crippen LogP contribution in [0, 0.1) is 0 Å². The van der Waals surface area contributed by atoms with E-state index < -0.39 is 0 Å². The van der Waals surface area contributed by atoms with E-state index in [1.54, 1.807) is 19.1 Å². The Hall–Kier alpha value is -2.42. The summed E-state index contributed by atoms with van der Waals surface area (Å²) >= 11 is 0. The maximum absolute atomic E-state index is 11.4. The van der Waals surface area contributed by atoms with E-state index in [0.29, 0.717) is 16.9 Å². The topological polar surface area (TPSA) is 47.3 Å². The van der Waals surface area contributed by atoms with E-state index in [-0.39, 0.29) is 11.6 Å². The van der Waals surface area contributed by atoms with E-state index in [1.807, 2.05) is 24.3 Å². The number of hydrogen-bond donors (Lipinski definition) is 0. The average molecular weight is 252 g/mol. The Morgan fingerprint density at radius 1 is 0.842 bits per heavy atom. The average Bonchev–Trinajstić information content (AvgIpc) is 2.78. The van der Waals surface area contributed by atoms with Gasteiger partial charge in [-0.25, -0.2) is 0 Å². The van der Waals surface area contributed by atoms with Gasteiger partial charge in [-0.15, -0.1) is 0 Å². The lowest BCUT2D eigenvalue weighted by Crippen LogP contribution is -1.90. The Kier molecular flexibility index (Phi) is 2.49. The highest BCUT2D eigenvalue weighted by molar-refractivity contribution is 6.03. The maximum Gasteiger partial charge on any atom is 0.194 e. The quantitative estimate of drug-likeness (QED) is 0.648. The molecule has 0 radical (unpaired) electrons. The van der Waals surface area contributed by atoms with Crippen LogP contribution < -0.4 is 0 Å². The molecular formula is C16H12O3. The first kappa shape index (κ1) is 11.7. The second kappa shape index (κ2) is 4.05. The third-order valence-electron chi connectivity index (χ3n) is 3.23. The van der Waals surface area contributed by atoms with Crippen molar-refractivity contribution in [3.05, 3.63) is 47.7 Å². The van der Waals surface area contributed by atoms with Gasteiger partial charge in [0, 0.05) is 17.9 Å². The van der Waals surface area contributed by atoms with Crippen LogP contribution in [0.2, 0.25) is 0 Å². The molecule has 0 amide bonds. The first-order valence-electron chi connectivity index (χ1n) is 6.04. The molecule has 0 fully saturated rings. The van der Waals surface area contributed by atoms with Crippen LogP contribution >= 0.6 is 0 Å². The van der Waals surface area contributed by atoms with Gasteiger partial charge in [-0.2, -0.15) is 0 Å². The first-order valence-corrected chi connectivity index (χ1v) is 6.04. The van der Waals surface area contributed by atoms with Crippen molar-refractivity contribution < 1.29 is 14.0 Å². The SMILES string of the molecule is CC(=O)c1ccc2cc3oc(C(C)=O)cc3cc2c1. The predicted octanol–water partition coefficient (Wildman–Crippen LogP) is 3.99. The molecular weight excluding hydrogens is 240 g/mol. The number of furan rings is 1. The number of carbonyl (C=O) groups excluding carboxylic acids is 2. The molecule has 0 atom stereocenters. The van der Waals surface area contributed by atoms with Gasteiger partial charge in [0.15, 0.2) is 17.3 Å². The Morgan fingerprint density at radius 2 is 1.63 bits per heavy atom. The number of ketones is 2. The summed E-state index contributed by atoms with van der Waals surface area (Å²) in [6.45, 7) is 3.02. The number of rotatable bonds is 2. The van der Waals surface area contributed by atoms with Gasteiger partial charge in [-0.3, -0.25) is 9.59 Å². The molecule has 19 heavy (non-hydrogen) atoms. The largest absolute Gasteiger partial charge is 0.453 e. The molecule has 1 heterocycles. The summed E-state index contributed by atoms with van der Waals surface area (Å²) in [7, 11) is 0. The van der Waals surface area contributed by atoms with Crippen molar-refractivity contribution in [1.82, 2.24) is 0 Å². The van der Waals surface area contributed by atoms with Crippen LogP contribution in [0.5, 0.6) is 0 Å². The highest BCUT2D eigenvalue weighted by Gasteiger charge is 2.09. The number of fused-ring (bicyclic) bond motifs is 2. The molecule has 0 unspecified atom stereocenters. The summed E-state index contributed by atoms with van der Waals surface area (Å²) in [5.41, 5.74) is 1.37. The zero-order chi connectivity index (χ0) is 13.6. The molecule has 94 valence electrons. The minimum atomic E-state index is -0.0929. The van der Waals surface area contributed by atoms with E-state index in [1.165, 1.54) is 6.92 Å². The summed E-state index contributed by atoms with van der Waals surface area (Å²) < 4.78 is 5.50. The highest BCUT2D eigenvalue weighted by Crippen LogP contribution is 2.26. The lowest BCUT2D eigenvalue weighted by atomic mass is 10.0. The van der Waals surface area contributed by atoms with Crippen molar-refractivity contribution >= 4 is 33.3 Å². The van der Waals surface area contributed by atoms with Crippen LogP contribution in [0.1, 0.15) is 34.8 Å². The summed E-state index contributed by atoms with van der Waals surface area (Å²) in [6.07, 6.45) is 0. The number of Topliss-reactive ketones (excluding diaryl/α,β-unsaturated/α-hetero) is 2. The van der Waals surface area contributed by atoms with E-state index in [2.05, 4.69) is 0 Å². The molecule has 0 N–H and O–H groups in total. The van der Waals surface area contributed by atoms with Crippen LogP contribution in [0.15, 0.2) is 40.8 Å². The second-order valence-electron chi connectivity index (χ2n) is 4.67. The standard InChI is InChI=1S/C16H12O3/c1-9(17)11-3-4-12-7-16-14(6-13(12)5-11)8-15(19-16)10(2)18/h3-8H,1-2H3. The lowest BCUT2D eigenvalue weighted by molar-refractivity contribution is 0.0987. The van der Waals surface area contributed by atoms with Crippen LogP contribution in [0.25, 0.3) is 21.7 Å². The normalized spacial score (nSPS) is 11.1. The van der Waals surface area contributed by atoms with E-state index in [4.69, 9.17) is 4.42 Å². The lowest BCUT2D eigenvalue weighted by Gasteiger charge is -2.00. The van der Waals surface area contributed by atoms with Crippen molar-refractivity contribution in [2.24, 2.45) is 0 Å². The van der Waals surface area contributed by atoms with Crippen LogP contribution in [0.4, 0.5) is 0 Å². The van der Waals surface area contributed by atoms with Crippen LogP contribution in [0.3, 0.4) is 0 Å². The minimum absolute atomic E-state index is 0.0404. The molecule has 0 aliphatic heterocycles. The Labute approximate surface area is 109 Å². The molecule has 0 spiro atoms. The van der Waals surface area contributed by atoms with E-state index >= 15 is 0 Å². The number of hydrogen-bond acceptors (Lipinski definition) is 3. The number of carbonyl (C=O) groups is 2. The predicted molar refractivity (Wildman–Crippen MR) is 73.7 cm³/mol. The van der Waals surface area contributed by atoms with E-state index in [0.717, 1.165) is 16.2 Å². The molecule has 0 aliphatic carbocycles. The highest BCUT2D eigenvalue weighted by atomic mass is 16.3. The zero-order valence-corrected chi connectivity index (χ0v) is 10.7. The van der Waals surface area contributed by atoms with Crippen LogP contribution in [-0.4, -0.2) is 11.6 Å². The Bertz CT molecular complexity index is 812. The Morgan fingerprint density at radius 3 is 2.32 bits per heavy atom. The molecule has 2 aromatic carbocycles. The summed E-state index contributed by atoms with van der Waals surface area (Å²) in [5.74, 6) is 0.306. The van der Waals surface area contributed by atoms with Crippen molar-refractivity contribution in [3.8, 4) is 0 Å². The van der Waals surface area contributed by atoms with Gasteiger partial charge in [-0.05, 0) is 42.0 Å². The number of benzene rings is 2. The summed E-state index contributed by atoms with van der Waals surface area (Å²) in [4.78, 5) is 22.7. The second-order valence-corrected chi connectivity index (χ2v) is 4.67. The molecule has 0 aliphatic rings. The molecule has 0 saturated carbocycles. The van der Waals surface area contributed by atoms with Gasteiger partial charge in [-0.1, -0.05) is 12.1 Å². The summed E-state index contributed by atoms with van der Waals surface area (Å²) in [5, 5.41) is 2.83. The fourth-order valence-corrected chi connectivity index (χ4v) is 2.18. The Balaban J connectivity index is 2.29. The fraction of sp³-hybridized carbons (Fsp3) is 0.125. The van der Waals surface area contributed by atoms with Gasteiger partial charge in [0.1, 0.15) is 5.58 Å². The molecule has 3 nitrogen and oxygen atoms in total. The van der Waals surface area contributed by atoms with Gasteiger partial charge in [0.05, 0.1) is 0 Å². The van der Waals surface area contributed by atoms with Crippen molar-refractivity contribution in [2.45, 2.75) is 13.8 Å². The van der Waals surface area contributed by atoms with Gasteiger partial charge in [0.25, 0.3) is 0 Å². The van der Waals surface area contributed by atoms with Gasteiger partial charge >= 0.3 is 0 Å². The van der Waals surface area contributed by atoms with Gasteiger partial charge < -0.3 is 4.42 Å². The minimum Gasteiger partial charge on any atom is -0.453 e. The van der Waals surface area contributed by atoms with Gasteiger partial charge in [0.2, 0.25) is 0 Å². The molecule has 0 saturated heterocycles. The summed E-state index contributed by atoms with van der Waals surface area (Å²) in [6, 6.07) is 11.1. The molecule has 3 rings (SSSR count). The third-order valence-corrected chi connectivity index (χ3v) is 3.23. The first-order chi connectivity index (χ1) is 9.04. The zero-order valence-electron chi connectivity index (χ0n) is 10.7. The van der Waals surface area contributed by atoms with E-state index in [9.17, 15) is 9.59 Å². The fourth-order valence-electron chi connectivity index (χ4n) is 2.18. The molecule has 3 aromatic rings. The van der Waals surface area contributed by atoms with Crippen molar-refractivity contribution in [2.75, 3.05) is 0 Å². The molecule has 1 aromatic heterocycles. The third kappa shape index (κ3) is 1.93. The molecule has 3 heteroatoms. The van der Waals surface area contributed by atoms with Crippen molar-refractivity contribution in [1.29, 1.82) is 0 Å². The molecule has 0 bridgehead atoms. The maximum atomic E-state index is 11.4. The monoisotopic (exact) mass is 252 g/mol. The van der Waals surface area contributed by atoms with Crippen LogP contribution in [-0.2, 0) is 0 Å². The smallest absolute Gasteiger partial charge is 0.194 e.